The van der Waals surface area contributed by atoms with Crippen molar-refractivity contribution >= 4 is 16.7 Å². The largest absolute Gasteiger partial charge is 0.358 e. The van der Waals surface area contributed by atoms with E-state index in [0.717, 1.165) is 28.6 Å². The van der Waals surface area contributed by atoms with Gasteiger partial charge in [0.1, 0.15) is 0 Å². The minimum atomic E-state index is 0.230. The summed E-state index contributed by atoms with van der Waals surface area (Å²) in [6, 6.07) is 6.21. The number of fused-ring (bicyclic) bond motifs is 1. The number of ketones is 1. The summed E-state index contributed by atoms with van der Waals surface area (Å²) < 4.78 is 0. The first-order valence-corrected chi connectivity index (χ1v) is 5.81. The first-order chi connectivity index (χ1) is 7.67. The molecule has 2 aromatic rings. The lowest BCUT2D eigenvalue weighted by atomic mass is 10.0. The molecular weight excluding hydrogens is 198 g/mol. The first kappa shape index (κ1) is 10.9. The quantitative estimate of drug-likeness (QED) is 0.779. The van der Waals surface area contributed by atoms with Crippen LogP contribution in [0.4, 0.5) is 0 Å². The molecule has 2 heteroatoms. The topological polar surface area (TPSA) is 32.9 Å². The molecule has 1 aromatic heterocycles. The van der Waals surface area contributed by atoms with Gasteiger partial charge in [0.25, 0.3) is 0 Å². The van der Waals surface area contributed by atoms with E-state index in [1.807, 2.05) is 6.92 Å². The van der Waals surface area contributed by atoms with Crippen LogP contribution in [0.5, 0.6) is 0 Å². The Morgan fingerprint density at radius 3 is 2.69 bits per heavy atom. The maximum absolute atomic E-state index is 12.0. The third kappa shape index (κ3) is 1.64. The van der Waals surface area contributed by atoms with Gasteiger partial charge < -0.3 is 4.98 Å². The van der Waals surface area contributed by atoms with Crippen molar-refractivity contribution in [3.05, 3.63) is 35.0 Å². The molecule has 1 N–H and O–H groups in total. The smallest absolute Gasteiger partial charge is 0.165 e. The van der Waals surface area contributed by atoms with Gasteiger partial charge in [-0.15, -0.1) is 0 Å². The number of aromatic nitrogens is 1. The van der Waals surface area contributed by atoms with E-state index in [1.54, 1.807) is 0 Å². The second kappa shape index (κ2) is 4.12. The molecular formula is C14H17NO. The monoisotopic (exact) mass is 215 g/mol. The summed E-state index contributed by atoms with van der Waals surface area (Å²) in [6.45, 7) is 6.04. The summed E-state index contributed by atoms with van der Waals surface area (Å²) in [7, 11) is 0. The molecule has 2 nitrogen and oxygen atoms in total. The molecule has 0 aliphatic rings. The van der Waals surface area contributed by atoms with Crippen molar-refractivity contribution in [3.63, 3.8) is 0 Å². The minimum Gasteiger partial charge on any atom is -0.358 e. The Hall–Kier alpha value is -1.57. The molecule has 0 unspecified atom stereocenters. The second-order valence-electron chi connectivity index (χ2n) is 4.16. The van der Waals surface area contributed by atoms with Crippen LogP contribution < -0.4 is 0 Å². The van der Waals surface area contributed by atoms with Crippen molar-refractivity contribution < 1.29 is 4.79 Å². The van der Waals surface area contributed by atoms with Crippen molar-refractivity contribution in [1.29, 1.82) is 0 Å². The highest BCUT2D eigenvalue weighted by Crippen LogP contribution is 2.25. The first-order valence-electron chi connectivity index (χ1n) is 5.81. The SMILES string of the molecule is CCC(=O)c1c(CC)[nH]c2ccc(C)cc12. The number of hydrogen-bond donors (Lipinski definition) is 1. The third-order valence-corrected chi connectivity index (χ3v) is 2.99. The van der Waals surface area contributed by atoms with Gasteiger partial charge in [0.2, 0.25) is 0 Å². The van der Waals surface area contributed by atoms with Crippen LogP contribution in [0.15, 0.2) is 18.2 Å². The van der Waals surface area contributed by atoms with E-state index in [-0.39, 0.29) is 5.78 Å². The van der Waals surface area contributed by atoms with Crippen LogP contribution >= 0.6 is 0 Å². The fourth-order valence-corrected chi connectivity index (χ4v) is 2.12. The summed E-state index contributed by atoms with van der Waals surface area (Å²) in [5.74, 6) is 0.230. The summed E-state index contributed by atoms with van der Waals surface area (Å²) in [4.78, 5) is 15.3. The standard InChI is InChI=1S/C14H17NO/c1-4-11-14(13(16)5-2)10-8-9(3)6-7-12(10)15-11/h6-8,15H,4-5H2,1-3H3. The van der Waals surface area contributed by atoms with Crippen molar-refractivity contribution in [2.75, 3.05) is 0 Å². The molecule has 0 atom stereocenters. The van der Waals surface area contributed by atoms with E-state index in [4.69, 9.17) is 0 Å². The number of nitrogens with one attached hydrogen (secondary N) is 1. The highest BCUT2D eigenvalue weighted by atomic mass is 16.1. The zero-order valence-electron chi connectivity index (χ0n) is 10.1. The molecule has 84 valence electrons. The molecule has 16 heavy (non-hydrogen) atoms. The number of hydrogen-bond acceptors (Lipinski definition) is 1. The second-order valence-corrected chi connectivity index (χ2v) is 4.16. The van der Waals surface area contributed by atoms with Crippen molar-refractivity contribution in [2.24, 2.45) is 0 Å². The highest BCUT2D eigenvalue weighted by molar-refractivity contribution is 6.09. The lowest BCUT2D eigenvalue weighted by Gasteiger charge is -1.99. The van der Waals surface area contributed by atoms with Crippen LogP contribution in [0, 0.1) is 6.92 Å². The van der Waals surface area contributed by atoms with Crippen molar-refractivity contribution in [2.45, 2.75) is 33.6 Å². The number of carbonyl (C=O) groups excluding carboxylic acids is 1. The van der Waals surface area contributed by atoms with Crippen LogP contribution in [0.25, 0.3) is 10.9 Å². The molecule has 0 saturated heterocycles. The Bertz CT molecular complexity index is 537. The number of rotatable bonds is 3. The van der Waals surface area contributed by atoms with E-state index in [0.29, 0.717) is 6.42 Å². The summed E-state index contributed by atoms with van der Waals surface area (Å²) in [6.07, 6.45) is 1.43. The maximum atomic E-state index is 12.0. The molecule has 0 bridgehead atoms. The Balaban J connectivity index is 2.75. The molecule has 0 saturated carbocycles. The van der Waals surface area contributed by atoms with Gasteiger partial charge in [-0.25, -0.2) is 0 Å². The molecule has 1 heterocycles. The van der Waals surface area contributed by atoms with E-state index >= 15 is 0 Å². The van der Waals surface area contributed by atoms with E-state index in [2.05, 4.69) is 37.0 Å². The third-order valence-electron chi connectivity index (χ3n) is 2.99. The fourth-order valence-electron chi connectivity index (χ4n) is 2.12. The van der Waals surface area contributed by atoms with Gasteiger partial charge in [-0.1, -0.05) is 25.5 Å². The van der Waals surface area contributed by atoms with Crippen LogP contribution in [-0.4, -0.2) is 10.8 Å². The average Bonchev–Trinajstić information content (AvgIpc) is 2.65. The lowest BCUT2D eigenvalue weighted by Crippen LogP contribution is -1.99. The van der Waals surface area contributed by atoms with Crippen molar-refractivity contribution in [3.8, 4) is 0 Å². The Kier molecular flexibility index (Phi) is 2.82. The van der Waals surface area contributed by atoms with Gasteiger partial charge in [0.05, 0.1) is 0 Å². The zero-order chi connectivity index (χ0) is 11.7. The normalized spacial score (nSPS) is 10.9. The van der Waals surface area contributed by atoms with E-state index in [1.165, 1.54) is 5.56 Å². The van der Waals surface area contributed by atoms with Crippen LogP contribution in [0.3, 0.4) is 0 Å². The molecule has 1 aromatic carbocycles. The van der Waals surface area contributed by atoms with Crippen LogP contribution in [0.1, 0.15) is 41.9 Å². The maximum Gasteiger partial charge on any atom is 0.165 e. The predicted molar refractivity (Wildman–Crippen MR) is 67.0 cm³/mol. The van der Waals surface area contributed by atoms with Gasteiger partial charge in [0, 0.05) is 28.6 Å². The zero-order valence-corrected chi connectivity index (χ0v) is 10.1. The number of carbonyl (C=O) groups is 1. The number of H-pyrrole nitrogens is 1. The summed E-state index contributed by atoms with van der Waals surface area (Å²) >= 11 is 0. The number of aromatic amines is 1. The molecule has 0 aliphatic carbocycles. The predicted octanol–water partition coefficient (Wildman–Crippen LogP) is 3.63. The molecule has 0 fully saturated rings. The van der Waals surface area contributed by atoms with Gasteiger partial charge >= 0.3 is 0 Å². The van der Waals surface area contributed by atoms with Gasteiger partial charge in [0.15, 0.2) is 5.78 Å². The fraction of sp³-hybridized carbons (Fsp3) is 0.357. The van der Waals surface area contributed by atoms with E-state index in [9.17, 15) is 4.79 Å². The van der Waals surface area contributed by atoms with Gasteiger partial charge in [-0.2, -0.15) is 0 Å². The Morgan fingerprint density at radius 2 is 2.06 bits per heavy atom. The number of Topliss-reactive ketones (excluding diaryl/α,β-unsaturated/α-hetero) is 1. The average molecular weight is 215 g/mol. The number of aryl methyl sites for hydroxylation is 2. The van der Waals surface area contributed by atoms with Crippen LogP contribution in [-0.2, 0) is 6.42 Å². The number of benzene rings is 1. The summed E-state index contributed by atoms with van der Waals surface area (Å²) in [5.41, 5.74) is 4.22. The van der Waals surface area contributed by atoms with E-state index < -0.39 is 0 Å². The Morgan fingerprint density at radius 1 is 1.31 bits per heavy atom. The molecule has 2 rings (SSSR count). The van der Waals surface area contributed by atoms with Crippen LogP contribution in [0.2, 0.25) is 0 Å². The molecule has 0 spiro atoms. The molecule has 0 radical (unpaired) electrons. The summed E-state index contributed by atoms with van der Waals surface area (Å²) in [5, 5.41) is 1.07. The lowest BCUT2D eigenvalue weighted by molar-refractivity contribution is 0.0989. The molecule has 0 amide bonds. The Labute approximate surface area is 95.7 Å². The minimum absolute atomic E-state index is 0.230. The highest BCUT2D eigenvalue weighted by Gasteiger charge is 2.15. The van der Waals surface area contributed by atoms with Gasteiger partial charge in [-0.3, -0.25) is 4.79 Å². The van der Waals surface area contributed by atoms with Crippen molar-refractivity contribution in [1.82, 2.24) is 4.98 Å². The molecule has 0 aliphatic heterocycles. The van der Waals surface area contributed by atoms with Gasteiger partial charge in [-0.05, 0) is 25.5 Å².